The first-order valence-corrected chi connectivity index (χ1v) is 6.82. The van der Waals surface area contributed by atoms with Crippen LogP contribution in [0.25, 0.3) is 0 Å². The van der Waals surface area contributed by atoms with E-state index in [1.165, 1.54) is 42.5 Å². The summed E-state index contributed by atoms with van der Waals surface area (Å²) in [6.45, 7) is 0. The van der Waals surface area contributed by atoms with Gasteiger partial charge in [-0.2, -0.15) is 5.10 Å². The van der Waals surface area contributed by atoms with Crippen molar-refractivity contribution >= 4 is 21.4 Å². The average molecular weight is 290 g/mol. The number of halogens is 2. The molecule has 2 heterocycles. The zero-order valence-corrected chi connectivity index (χ0v) is 10.9. The molecule has 0 fully saturated rings. The van der Waals surface area contributed by atoms with Crippen LogP contribution in [0, 0.1) is 0 Å². The van der Waals surface area contributed by atoms with E-state index in [4.69, 9.17) is 11.6 Å². The Hall–Kier alpha value is -1.47. The average Bonchev–Trinajstić information content (AvgIpc) is 2.69. The molecule has 2 rings (SSSR count). The summed E-state index contributed by atoms with van der Waals surface area (Å²) in [7, 11) is -2.71. The van der Waals surface area contributed by atoms with Gasteiger partial charge in [-0.1, -0.05) is 11.6 Å². The summed E-state index contributed by atoms with van der Waals surface area (Å²) in [5.74, 6) is 0. The van der Waals surface area contributed by atoms with Crippen LogP contribution in [0.15, 0.2) is 35.6 Å². The van der Waals surface area contributed by atoms with Gasteiger partial charge in [0.05, 0.1) is 0 Å². The van der Waals surface area contributed by atoms with E-state index in [0.29, 0.717) is 0 Å². The molecule has 96 valence electrons. The number of hydrogen-bond acceptors (Lipinski definition) is 4. The molecule has 1 unspecified atom stereocenters. The van der Waals surface area contributed by atoms with E-state index in [9.17, 15) is 12.8 Å². The Morgan fingerprint density at radius 2 is 2.00 bits per heavy atom. The van der Waals surface area contributed by atoms with Gasteiger partial charge in [0.25, 0.3) is 0 Å². The molecule has 0 saturated carbocycles. The highest BCUT2D eigenvalue weighted by Crippen LogP contribution is 2.32. The summed E-state index contributed by atoms with van der Waals surface area (Å²) in [5.41, 5.74) is -2.19. The van der Waals surface area contributed by atoms with Crippen molar-refractivity contribution in [2.24, 2.45) is 7.05 Å². The topological polar surface area (TPSA) is 64.8 Å². The molecule has 0 spiro atoms. The largest absolute Gasteiger partial charge is 0.273 e. The summed E-state index contributed by atoms with van der Waals surface area (Å²) < 4.78 is 39.4. The first-order chi connectivity index (χ1) is 8.43. The number of sulfone groups is 1. The second kappa shape index (κ2) is 4.66. The van der Waals surface area contributed by atoms with Gasteiger partial charge < -0.3 is 0 Å². The Labute approximate surface area is 108 Å². The van der Waals surface area contributed by atoms with Gasteiger partial charge in [-0.25, -0.2) is 12.8 Å². The minimum absolute atomic E-state index is 0.00456. The summed E-state index contributed by atoms with van der Waals surface area (Å²) in [6.07, 6.45) is 3.82. The fourth-order valence-corrected chi connectivity index (χ4v) is 3.24. The van der Waals surface area contributed by atoms with Crippen molar-refractivity contribution in [2.45, 2.75) is 10.4 Å². The molecule has 2 aromatic heterocycles. The van der Waals surface area contributed by atoms with Crippen molar-refractivity contribution in [3.05, 3.63) is 41.4 Å². The Balaban J connectivity index is 2.47. The lowest BCUT2D eigenvalue weighted by Gasteiger charge is -2.08. The number of alkyl halides is 1. The molecule has 0 amide bonds. The van der Waals surface area contributed by atoms with E-state index in [1.54, 1.807) is 0 Å². The van der Waals surface area contributed by atoms with Crippen LogP contribution >= 0.6 is 11.6 Å². The fourth-order valence-electron chi connectivity index (χ4n) is 1.44. The Morgan fingerprint density at radius 1 is 1.39 bits per heavy atom. The number of hydrogen-bond donors (Lipinski definition) is 0. The lowest BCUT2D eigenvalue weighted by molar-refractivity contribution is 0.430. The van der Waals surface area contributed by atoms with Gasteiger partial charge >= 0.3 is 0 Å². The third-order valence-corrected chi connectivity index (χ3v) is 4.42. The van der Waals surface area contributed by atoms with Crippen LogP contribution < -0.4 is 0 Å². The van der Waals surface area contributed by atoms with Gasteiger partial charge in [0.1, 0.15) is 4.90 Å². The first-order valence-electron chi connectivity index (χ1n) is 4.90. The van der Waals surface area contributed by atoms with Gasteiger partial charge in [-0.3, -0.25) is 9.67 Å². The van der Waals surface area contributed by atoms with Gasteiger partial charge in [0.15, 0.2) is 5.15 Å². The Bertz CT molecular complexity index is 657. The van der Waals surface area contributed by atoms with Crippen molar-refractivity contribution in [1.82, 2.24) is 14.8 Å². The predicted molar refractivity (Wildman–Crippen MR) is 63.5 cm³/mol. The molecule has 0 aliphatic carbocycles. The number of aryl methyl sites for hydroxylation is 1. The first kappa shape index (κ1) is 13.0. The number of rotatable bonds is 3. The smallest absolute Gasteiger partial charge is 0.230 e. The summed E-state index contributed by atoms with van der Waals surface area (Å²) in [6, 6.07) is 2.60. The van der Waals surface area contributed by atoms with E-state index in [0.717, 1.165) is 0 Å². The molecule has 0 radical (unpaired) electrons. The van der Waals surface area contributed by atoms with Crippen LogP contribution in [0.2, 0.25) is 5.15 Å². The highest BCUT2D eigenvalue weighted by Gasteiger charge is 2.32. The maximum absolute atomic E-state index is 14.1. The molecule has 1 atom stereocenters. The predicted octanol–water partition coefficient (Wildman–Crippen LogP) is 1.91. The van der Waals surface area contributed by atoms with Crippen molar-refractivity contribution in [1.29, 1.82) is 0 Å². The van der Waals surface area contributed by atoms with Crippen LogP contribution in [0.5, 0.6) is 0 Å². The standard InChI is InChI=1S/C10H9ClFN3O2S/c1-15-6-8(9(11)14-15)18(16,17)10(12)7-2-4-13-5-3-7/h2-6,10H,1H3. The zero-order chi connectivity index (χ0) is 13.3. The SMILES string of the molecule is Cn1cc(S(=O)(=O)C(F)c2ccncc2)c(Cl)n1. The van der Waals surface area contributed by atoms with E-state index in [1.807, 2.05) is 0 Å². The number of aromatic nitrogens is 3. The van der Waals surface area contributed by atoms with Gasteiger partial charge in [-0.15, -0.1) is 0 Å². The number of pyridine rings is 1. The monoisotopic (exact) mass is 289 g/mol. The Kier molecular flexibility index (Phi) is 3.36. The van der Waals surface area contributed by atoms with Gasteiger partial charge in [-0.05, 0) is 12.1 Å². The lowest BCUT2D eigenvalue weighted by Crippen LogP contribution is -2.09. The molecule has 18 heavy (non-hydrogen) atoms. The summed E-state index contributed by atoms with van der Waals surface area (Å²) >= 11 is 5.67. The third kappa shape index (κ3) is 2.23. The normalized spacial score (nSPS) is 13.5. The molecule has 0 saturated heterocycles. The maximum atomic E-state index is 14.1. The van der Waals surface area contributed by atoms with E-state index >= 15 is 0 Å². The number of nitrogens with zero attached hydrogens (tertiary/aromatic N) is 3. The second-order valence-corrected chi connectivity index (χ2v) is 5.90. The fraction of sp³-hybridized carbons (Fsp3) is 0.200. The molecule has 5 nitrogen and oxygen atoms in total. The summed E-state index contributed by atoms with van der Waals surface area (Å²) in [4.78, 5) is 3.38. The van der Waals surface area contributed by atoms with Crippen molar-refractivity contribution in [3.8, 4) is 0 Å². The van der Waals surface area contributed by atoms with E-state index in [2.05, 4.69) is 10.1 Å². The Morgan fingerprint density at radius 3 is 2.50 bits per heavy atom. The maximum Gasteiger partial charge on any atom is 0.230 e. The highest BCUT2D eigenvalue weighted by atomic mass is 35.5. The van der Waals surface area contributed by atoms with E-state index in [-0.39, 0.29) is 15.6 Å². The van der Waals surface area contributed by atoms with Crippen LogP contribution in [-0.2, 0) is 16.9 Å². The van der Waals surface area contributed by atoms with Crippen LogP contribution in [0.4, 0.5) is 4.39 Å². The molecule has 0 aromatic carbocycles. The quantitative estimate of drug-likeness (QED) is 0.866. The minimum Gasteiger partial charge on any atom is -0.273 e. The van der Waals surface area contributed by atoms with Crippen molar-refractivity contribution in [2.75, 3.05) is 0 Å². The molecule has 0 aliphatic rings. The van der Waals surface area contributed by atoms with Gasteiger partial charge in [0.2, 0.25) is 15.3 Å². The molecule has 2 aromatic rings. The summed E-state index contributed by atoms with van der Waals surface area (Å²) in [5, 5.41) is 3.44. The second-order valence-electron chi connectivity index (χ2n) is 3.60. The minimum atomic E-state index is -4.21. The van der Waals surface area contributed by atoms with E-state index < -0.39 is 15.3 Å². The molecule has 0 bridgehead atoms. The highest BCUT2D eigenvalue weighted by molar-refractivity contribution is 7.91. The van der Waals surface area contributed by atoms with Crippen LogP contribution in [0.1, 0.15) is 11.1 Å². The van der Waals surface area contributed by atoms with Crippen LogP contribution in [-0.4, -0.2) is 23.2 Å². The van der Waals surface area contributed by atoms with Crippen molar-refractivity contribution < 1.29 is 12.8 Å². The molecular formula is C10H9ClFN3O2S. The van der Waals surface area contributed by atoms with Crippen LogP contribution in [0.3, 0.4) is 0 Å². The molecular weight excluding hydrogens is 281 g/mol. The molecule has 8 heteroatoms. The zero-order valence-electron chi connectivity index (χ0n) is 9.29. The van der Waals surface area contributed by atoms with Gasteiger partial charge in [0, 0.05) is 31.2 Å². The lowest BCUT2D eigenvalue weighted by atomic mass is 10.3. The molecule has 0 N–H and O–H groups in total. The third-order valence-electron chi connectivity index (χ3n) is 2.30. The molecule has 0 aliphatic heterocycles. The van der Waals surface area contributed by atoms with Crippen molar-refractivity contribution in [3.63, 3.8) is 0 Å².